The number of hydrogen-bond donors (Lipinski definition) is 1. The van der Waals surface area contributed by atoms with Gasteiger partial charge in [0.2, 0.25) is 0 Å². The number of benzene rings is 1. The lowest BCUT2D eigenvalue weighted by Gasteiger charge is -2.53. The number of ether oxygens (including phenoxy) is 2. The van der Waals surface area contributed by atoms with Crippen molar-refractivity contribution in [2.45, 2.75) is 50.9 Å². The van der Waals surface area contributed by atoms with Crippen molar-refractivity contribution in [1.29, 1.82) is 0 Å². The molecule has 2 atom stereocenters. The van der Waals surface area contributed by atoms with Crippen LogP contribution in [0.2, 0.25) is 0 Å². The van der Waals surface area contributed by atoms with Gasteiger partial charge < -0.3 is 14.6 Å². The summed E-state index contributed by atoms with van der Waals surface area (Å²) in [4.78, 5) is 6.91. The highest BCUT2D eigenvalue weighted by Crippen LogP contribution is 2.55. The second kappa shape index (κ2) is 7.05. The van der Waals surface area contributed by atoms with Crippen LogP contribution in [0, 0.1) is 12.8 Å². The third kappa shape index (κ3) is 3.07. The van der Waals surface area contributed by atoms with E-state index >= 15 is 0 Å². The predicted molar refractivity (Wildman–Crippen MR) is 106 cm³/mol. The van der Waals surface area contributed by atoms with Gasteiger partial charge in [-0.25, -0.2) is 0 Å². The van der Waals surface area contributed by atoms with Crippen molar-refractivity contribution in [1.82, 2.24) is 9.88 Å². The second-order valence-electron chi connectivity index (χ2n) is 8.49. The van der Waals surface area contributed by atoms with Crippen LogP contribution >= 0.6 is 0 Å². The summed E-state index contributed by atoms with van der Waals surface area (Å²) in [5, 5.41) is 10.4. The van der Waals surface area contributed by atoms with Crippen molar-refractivity contribution >= 4 is 0 Å². The first kappa shape index (κ1) is 18.0. The van der Waals surface area contributed by atoms with Crippen LogP contribution in [0.25, 0.3) is 0 Å². The topological polar surface area (TPSA) is 54.8 Å². The summed E-state index contributed by atoms with van der Waals surface area (Å²) in [6.07, 6.45) is 6.16. The van der Waals surface area contributed by atoms with Crippen molar-refractivity contribution in [2.24, 2.45) is 5.92 Å². The Morgan fingerprint density at radius 3 is 2.86 bits per heavy atom. The number of aryl methyl sites for hydroxylation is 1. The Morgan fingerprint density at radius 2 is 2.07 bits per heavy atom. The van der Waals surface area contributed by atoms with Crippen LogP contribution in [0.1, 0.15) is 48.6 Å². The summed E-state index contributed by atoms with van der Waals surface area (Å²) in [5.74, 6) is 1.23. The number of piperidine rings is 1. The molecule has 1 spiro atoms. The number of likely N-dealkylation sites (tertiary alicyclic amines) is 1. The molecule has 5 rings (SSSR count). The molecule has 2 aromatic rings. The van der Waals surface area contributed by atoms with E-state index in [1.807, 2.05) is 25.3 Å². The van der Waals surface area contributed by atoms with Gasteiger partial charge in [-0.3, -0.25) is 9.88 Å². The Labute approximate surface area is 166 Å². The summed E-state index contributed by atoms with van der Waals surface area (Å²) in [7, 11) is 0. The van der Waals surface area contributed by atoms with E-state index in [0.29, 0.717) is 11.7 Å². The Kier molecular flexibility index (Phi) is 4.52. The van der Waals surface area contributed by atoms with Gasteiger partial charge in [0.25, 0.3) is 0 Å². The number of pyridine rings is 1. The largest absolute Gasteiger partial charge is 0.504 e. The molecule has 5 nitrogen and oxygen atoms in total. The van der Waals surface area contributed by atoms with Crippen LogP contribution in [0.4, 0.5) is 0 Å². The lowest BCUT2D eigenvalue weighted by molar-refractivity contribution is -0.150. The van der Waals surface area contributed by atoms with E-state index < -0.39 is 0 Å². The predicted octanol–water partition coefficient (Wildman–Crippen LogP) is 3.99. The number of para-hydroxylation sites is 1. The van der Waals surface area contributed by atoms with Gasteiger partial charge in [-0.2, -0.15) is 0 Å². The van der Waals surface area contributed by atoms with Crippen molar-refractivity contribution in [2.75, 3.05) is 19.7 Å². The van der Waals surface area contributed by atoms with E-state index in [4.69, 9.17) is 9.47 Å². The van der Waals surface area contributed by atoms with Gasteiger partial charge >= 0.3 is 0 Å². The quantitative estimate of drug-likeness (QED) is 0.854. The fourth-order valence-electron chi connectivity index (χ4n) is 5.20. The summed E-state index contributed by atoms with van der Waals surface area (Å²) >= 11 is 0. The summed E-state index contributed by atoms with van der Waals surface area (Å²) in [6, 6.07) is 9.90. The molecular weight excluding hydrogens is 352 g/mol. The molecule has 148 valence electrons. The van der Waals surface area contributed by atoms with Gasteiger partial charge in [-0.1, -0.05) is 18.2 Å². The Bertz CT molecular complexity index is 843. The first-order chi connectivity index (χ1) is 13.6. The van der Waals surface area contributed by atoms with Gasteiger partial charge in [0, 0.05) is 62.5 Å². The molecule has 5 heteroatoms. The summed E-state index contributed by atoms with van der Waals surface area (Å²) in [5.41, 5.74) is 3.09. The van der Waals surface area contributed by atoms with E-state index in [0.717, 1.165) is 63.2 Å². The maximum absolute atomic E-state index is 10.4. The van der Waals surface area contributed by atoms with E-state index in [-0.39, 0.29) is 17.5 Å². The molecule has 3 aliphatic heterocycles. The van der Waals surface area contributed by atoms with Crippen LogP contribution < -0.4 is 4.74 Å². The maximum Gasteiger partial charge on any atom is 0.167 e. The number of nitrogens with zero attached hydrogens (tertiary/aromatic N) is 2. The van der Waals surface area contributed by atoms with E-state index in [1.54, 1.807) is 6.07 Å². The van der Waals surface area contributed by atoms with E-state index in [9.17, 15) is 5.11 Å². The Balaban J connectivity index is 1.36. The molecule has 0 unspecified atom stereocenters. The number of aromatic hydroxyl groups is 1. The van der Waals surface area contributed by atoms with Gasteiger partial charge in [0.15, 0.2) is 11.5 Å². The smallest absolute Gasteiger partial charge is 0.167 e. The van der Waals surface area contributed by atoms with Gasteiger partial charge in [-0.15, -0.1) is 0 Å². The average molecular weight is 380 g/mol. The second-order valence-corrected chi connectivity index (χ2v) is 8.49. The lowest BCUT2D eigenvalue weighted by Crippen LogP contribution is -2.57. The first-order valence-corrected chi connectivity index (χ1v) is 10.4. The molecule has 0 amide bonds. The maximum atomic E-state index is 10.4. The standard InChI is InChI=1S/C23H28N2O3/c1-16-7-8-17(14-24-16)15-25-11-9-23(10-12-25)19-5-3-13-27-21(19)18-4-2-6-20(26)22(18)28-23/h2,4,6-8,14,19,21,26H,3,5,9-13,15H2,1H3/t19-,21+/m0/s1. The first-order valence-electron chi connectivity index (χ1n) is 10.4. The molecular formula is C23H28N2O3. The van der Waals surface area contributed by atoms with Gasteiger partial charge in [-0.05, 0) is 37.5 Å². The Hall–Kier alpha value is -2.11. The van der Waals surface area contributed by atoms with Crippen LogP contribution in [-0.4, -0.2) is 40.3 Å². The molecule has 2 fully saturated rings. The molecule has 0 bridgehead atoms. The molecule has 3 aliphatic rings. The number of fused-ring (bicyclic) bond motifs is 4. The van der Waals surface area contributed by atoms with Crippen molar-refractivity contribution in [3.8, 4) is 11.5 Å². The molecule has 0 aliphatic carbocycles. The van der Waals surface area contributed by atoms with E-state index in [2.05, 4.69) is 22.0 Å². The minimum absolute atomic E-state index is 0.0393. The number of phenols is 1. The molecule has 0 radical (unpaired) electrons. The summed E-state index contributed by atoms with van der Waals surface area (Å²) in [6.45, 7) is 5.71. The zero-order chi connectivity index (χ0) is 19.1. The molecule has 4 heterocycles. The third-order valence-corrected chi connectivity index (χ3v) is 6.72. The number of rotatable bonds is 2. The zero-order valence-electron chi connectivity index (χ0n) is 16.4. The minimum atomic E-state index is -0.237. The van der Waals surface area contributed by atoms with Gasteiger partial charge in [0.1, 0.15) is 5.60 Å². The molecule has 1 N–H and O–H groups in total. The van der Waals surface area contributed by atoms with Crippen LogP contribution in [0.5, 0.6) is 11.5 Å². The molecule has 28 heavy (non-hydrogen) atoms. The fraction of sp³-hybridized carbons (Fsp3) is 0.522. The molecule has 1 aromatic carbocycles. The van der Waals surface area contributed by atoms with Crippen LogP contribution in [-0.2, 0) is 11.3 Å². The van der Waals surface area contributed by atoms with Crippen LogP contribution in [0.3, 0.4) is 0 Å². The monoisotopic (exact) mass is 380 g/mol. The highest BCUT2D eigenvalue weighted by Gasteiger charge is 2.52. The van der Waals surface area contributed by atoms with Crippen molar-refractivity contribution in [3.05, 3.63) is 53.3 Å². The number of hydrogen-bond acceptors (Lipinski definition) is 5. The third-order valence-electron chi connectivity index (χ3n) is 6.72. The number of aromatic nitrogens is 1. The minimum Gasteiger partial charge on any atom is -0.504 e. The number of phenolic OH excluding ortho intramolecular Hbond substituents is 1. The Morgan fingerprint density at radius 1 is 1.21 bits per heavy atom. The van der Waals surface area contributed by atoms with E-state index in [1.165, 1.54) is 5.56 Å². The normalized spacial score (nSPS) is 26.3. The lowest BCUT2D eigenvalue weighted by atomic mass is 9.70. The zero-order valence-corrected chi connectivity index (χ0v) is 16.4. The van der Waals surface area contributed by atoms with Gasteiger partial charge in [0.05, 0.1) is 6.10 Å². The average Bonchev–Trinajstić information content (AvgIpc) is 2.73. The molecule has 1 aromatic heterocycles. The van der Waals surface area contributed by atoms with Crippen molar-refractivity contribution < 1.29 is 14.6 Å². The fourth-order valence-corrected chi connectivity index (χ4v) is 5.20. The highest BCUT2D eigenvalue weighted by atomic mass is 16.5. The molecule has 0 saturated carbocycles. The van der Waals surface area contributed by atoms with Crippen LogP contribution in [0.15, 0.2) is 36.5 Å². The highest BCUT2D eigenvalue weighted by molar-refractivity contribution is 5.49. The molecule has 2 saturated heterocycles. The summed E-state index contributed by atoms with van der Waals surface area (Å²) < 4.78 is 12.8. The van der Waals surface area contributed by atoms with Crippen molar-refractivity contribution in [3.63, 3.8) is 0 Å². The SMILES string of the molecule is Cc1ccc(CN2CCC3(CC2)Oc2c(O)cccc2[C@H]2OCCC[C@@H]23)cn1.